The quantitative estimate of drug-likeness (QED) is 0.534. The van der Waals surface area contributed by atoms with Crippen LogP contribution in [0.2, 0.25) is 0 Å². The van der Waals surface area contributed by atoms with Gasteiger partial charge in [-0.05, 0) is 31.2 Å². The van der Waals surface area contributed by atoms with E-state index in [0.29, 0.717) is 31.9 Å². The first-order valence-corrected chi connectivity index (χ1v) is 6.62. The van der Waals surface area contributed by atoms with Crippen LogP contribution in [0.4, 0.5) is 0 Å². The molecule has 0 aromatic rings. The summed E-state index contributed by atoms with van der Waals surface area (Å²) in [7, 11) is 1.60. The molecule has 0 fully saturated rings. The van der Waals surface area contributed by atoms with E-state index in [2.05, 4.69) is 19.2 Å². The number of methoxy groups -OCH3 is 1. The van der Waals surface area contributed by atoms with Gasteiger partial charge in [0.25, 0.3) is 0 Å². The highest BCUT2D eigenvalue weighted by atomic mass is 16.5. The minimum atomic E-state index is -0.227. The van der Waals surface area contributed by atoms with Crippen molar-refractivity contribution in [2.24, 2.45) is 17.6 Å². The van der Waals surface area contributed by atoms with Crippen LogP contribution in [0, 0.1) is 11.8 Å². The number of aliphatic hydroxyl groups excluding tert-OH is 1. The number of hydrogen-bond acceptors (Lipinski definition) is 4. The van der Waals surface area contributed by atoms with Crippen molar-refractivity contribution in [1.29, 1.82) is 0 Å². The summed E-state index contributed by atoms with van der Waals surface area (Å²) in [6.45, 7) is 5.23. The standard InChI is InChI=1S/C13H28N2O3/c1-10(2)6-11(8-14)7-13(17)15-12(9-16)4-5-18-3/h10-12,16H,4-9,14H2,1-3H3,(H,15,17). The number of amides is 1. The van der Waals surface area contributed by atoms with Crippen LogP contribution < -0.4 is 11.1 Å². The van der Waals surface area contributed by atoms with Crippen molar-refractivity contribution in [2.75, 3.05) is 26.9 Å². The van der Waals surface area contributed by atoms with E-state index in [0.717, 1.165) is 6.42 Å². The van der Waals surface area contributed by atoms with Crippen LogP contribution in [0.5, 0.6) is 0 Å². The summed E-state index contributed by atoms with van der Waals surface area (Å²) in [5.41, 5.74) is 5.66. The number of carbonyl (C=O) groups is 1. The van der Waals surface area contributed by atoms with Gasteiger partial charge in [-0.25, -0.2) is 0 Å². The maximum atomic E-state index is 11.8. The number of rotatable bonds is 10. The number of ether oxygens (including phenoxy) is 1. The number of hydrogen-bond donors (Lipinski definition) is 3. The molecule has 0 aromatic heterocycles. The Hall–Kier alpha value is -0.650. The summed E-state index contributed by atoms with van der Waals surface area (Å²) in [4.78, 5) is 11.8. The summed E-state index contributed by atoms with van der Waals surface area (Å²) < 4.78 is 4.93. The first kappa shape index (κ1) is 17.4. The SMILES string of the molecule is COCCC(CO)NC(=O)CC(CN)CC(C)C. The molecule has 0 spiro atoms. The maximum absolute atomic E-state index is 11.8. The van der Waals surface area contributed by atoms with Gasteiger partial charge in [-0.3, -0.25) is 4.79 Å². The van der Waals surface area contributed by atoms with Crippen LogP contribution in [-0.2, 0) is 9.53 Å². The number of aliphatic hydroxyl groups is 1. The van der Waals surface area contributed by atoms with E-state index in [4.69, 9.17) is 15.6 Å². The van der Waals surface area contributed by atoms with Crippen molar-refractivity contribution in [3.63, 3.8) is 0 Å². The highest BCUT2D eigenvalue weighted by Gasteiger charge is 2.16. The molecule has 108 valence electrons. The highest BCUT2D eigenvalue weighted by Crippen LogP contribution is 2.14. The Kier molecular flexibility index (Phi) is 9.92. The summed E-state index contributed by atoms with van der Waals surface area (Å²) in [6.07, 6.45) is 2.00. The molecule has 1 amide bonds. The van der Waals surface area contributed by atoms with Gasteiger partial charge in [-0.15, -0.1) is 0 Å². The number of nitrogens with one attached hydrogen (secondary N) is 1. The van der Waals surface area contributed by atoms with Crippen molar-refractivity contribution in [1.82, 2.24) is 5.32 Å². The van der Waals surface area contributed by atoms with Crippen LogP contribution in [0.25, 0.3) is 0 Å². The van der Waals surface area contributed by atoms with E-state index in [1.54, 1.807) is 7.11 Å². The third-order valence-electron chi connectivity index (χ3n) is 2.87. The van der Waals surface area contributed by atoms with Crippen molar-refractivity contribution < 1.29 is 14.6 Å². The molecule has 0 saturated heterocycles. The lowest BCUT2D eigenvalue weighted by Crippen LogP contribution is -2.39. The Labute approximate surface area is 110 Å². The molecule has 0 aliphatic heterocycles. The molecule has 0 radical (unpaired) electrons. The fourth-order valence-corrected chi connectivity index (χ4v) is 1.95. The zero-order valence-corrected chi connectivity index (χ0v) is 11.8. The van der Waals surface area contributed by atoms with Crippen LogP contribution in [0.1, 0.15) is 33.1 Å². The van der Waals surface area contributed by atoms with Crippen molar-refractivity contribution >= 4 is 5.91 Å². The Morgan fingerprint density at radius 3 is 2.56 bits per heavy atom. The second-order valence-corrected chi connectivity index (χ2v) is 5.16. The second kappa shape index (κ2) is 10.3. The summed E-state index contributed by atoms with van der Waals surface area (Å²) >= 11 is 0. The molecule has 18 heavy (non-hydrogen) atoms. The molecule has 2 atom stereocenters. The average molecular weight is 260 g/mol. The third kappa shape index (κ3) is 8.44. The monoisotopic (exact) mass is 260 g/mol. The minimum Gasteiger partial charge on any atom is -0.394 e. The molecule has 2 unspecified atom stereocenters. The van der Waals surface area contributed by atoms with Gasteiger partial charge in [0.1, 0.15) is 0 Å². The van der Waals surface area contributed by atoms with Crippen molar-refractivity contribution in [2.45, 2.75) is 39.2 Å². The Morgan fingerprint density at radius 1 is 1.44 bits per heavy atom. The second-order valence-electron chi connectivity index (χ2n) is 5.16. The van der Waals surface area contributed by atoms with Gasteiger partial charge in [0.15, 0.2) is 0 Å². The molecule has 4 N–H and O–H groups in total. The predicted molar refractivity (Wildman–Crippen MR) is 72.1 cm³/mol. The molecule has 0 aliphatic rings. The van der Waals surface area contributed by atoms with E-state index in [9.17, 15) is 4.79 Å². The Morgan fingerprint density at radius 2 is 2.11 bits per heavy atom. The normalized spacial score (nSPS) is 14.6. The minimum absolute atomic E-state index is 0.0405. The van der Waals surface area contributed by atoms with Crippen LogP contribution in [0.15, 0.2) is 0 Å². The molecule has 0 aromatic carbocycles. The fraction of sp³-hybridized carbons (Fsp3) is 0.923. The number of carbonyl (C=O) groups excluding carboxylic acids is 1. The zero-order valence-electron chi connectivity index (χ0n) is 11.8. The molecule has 0 heterocycles. The van der Waals surface area contributed by atoms with E-state index in [1.165, 1.54) is 0 Å². The molecule has 0 rings (SSSR count). The lowest BCUT2D eigenvalue weighted by atomic mass is 9.94. The van der Waals surface area contributed by atoms with Gasteiger partial charge in [0.2, 0.25) is 5.91 Å². The number of nitrogens with two attached hydrogens (primary N) is 1. The van der Waals surface area contributed by atoms with E-state index >= 15 is 0 Å². The van der Waals surface area contributed by atoms with Crippen molar-refractivity contribution in [3.05, 3.63) is 0 Å². The highest BCUT2D eigenvalue weighted by molar-refractivity contribution is 5.76. The van der Waals surface area contributed by atoms with Gasteiger partial charge < -0.3 is 20.9 Å². The van der Waals surface area contributed by atoms with E-state index in [1.807, 2.05) is 0 Å². The first-order chi connectivity index (χ1) is 8.53. The summed E-state index contributed by atoms with van der Waals surface area (Å²) in [5, 5.41) is 12.0. The largest absolute Gasteiger partial charge is 0.394 e. The van der Waals surface area contributed by atoms with Crippen molar-refractivity contribution in [3.8, 4) is 0 Å². The van der Waals surface area contributed by atoms with Crippen LogP contribution in [-0.4, -0.2) is 43.9 Å². The molecule has 0 aliphatic carbocycles. The average Bonchev–Trinajstić information content (AvgIpc) is 2.32. The molecular weight excluding hydrogens is 232 g/mol. The van der Waals surface area contributed by atoms with Gasteiger partial charge in [-0.2, -0.15) is 0 Å². The molecular formula is C13H28N2O3. The summed E-state index contributed by atoms with van der Waals surface area (Å²) in [5.74, 6) is 0.710. The zero-order chi connectivity index (χ0) is 14.0. The third-order valence-corrected chi connectivity index (χ3v) is 2.87. The molecule has 5 heteroatoms. The first-order valence-electron chi connectivity index (χ1n) is 6.62. The predicted octanol–water partition coefficient (Wildman–Crippen LogP) is 0.511. The van der Waals surface area contributed by atoms with Gasteiger partial charge in [0, 0.05) is 20.1 Å². The smallest absolute Gasteiger partial charge is 0.220 e. The maximum Gasteiger partial charge on any atom is 0.220 e. The lowest BCUT2D eigenvalue weighted by Gasteiger charge is -2.20. The van der Waals surface area contributed by atoms with E-state index in [-0.39, 0.29) is 24.5 Å². The Bertz CT molecular complexity index is 222. The van der Waals surface area contributed by atoms with Gasteiger partial charge in [-0.1, -0.05) is 13.8 Å². The molecule has 0 bridgehead atoms. The molecule has 5 nitrogen and oxygen atoms in total. The Balaban J connectivity index is 4.04. The summed E-state index contributed by atoms with van der Waals surface area (Å²) in [6, 6.07) is -0.227. The van der Waals surface area contributed by atoms with Gasteiger partial charge in [0.05, 0.1) is 12.6 Å². The lowest BCUT2D eigenvalue weighted by molar-refractivity contribution is -0.123. The topological polar surface area (TPSA) is 84.6 Å². The van der Waals surface area contributed by atoms with Crippen LogP contribution >= 0.6 is 0 Å². The van der Waals surface area contributed by atoms with Gasteiger partial charge >= 0.3 is 0 Å². The fourth-order valence-electron chi connectivity index (χ4n) is 1.95. The van der Waals surface area contributed by atoms with E-state index < -0.39 is 0 Å². The molecule has 0 saturated carbocycles. The van der Waals surface area contributed by atoms with Crippen LogP contribution in [0.3, 0.4) is 0 Å².